The van der Waals surface area contributed by atoms with Gasteiger partial charge in [-0.1, -0.05) is 13.8 Å². The molecule has 1 amide bonds. The fraction of sp³-hybridized carbons (Fsp3) is 0.615. The summed E-state index contributed by atoms with van der Waals surface area (Å²) in [5, 5.41) is 5.79. The third-order valence-electron chi connectivity index (χ3n) is 2.64. The molecule has 6 nitrogen and oxygen atoms in total. The Morgan fingerprint density at radius 3 is 2.63 bits per heavy atom. The zero-order chi connectivity index (χ0) is 14.4. The maximum atomic E-state index is 12.1. The van der Waals surface area contributed by atoms with Gasteiger partial charge in [0.15, 0.2) is 0 Å². The van der Waals surface area contributed by atoms with Crippen LogP contribution in [0.1, 0.15) is 26.0 Å². The SMILES string of the molecule is CNC(CC(C)C)C(=O)Nc1cc(C)nc(OC)n1. The van der Waals surface area contributed by atoms with Crippen LogP contribution >= 0.6 is 0 Å². The normalized spacial score (nSPS) is 12.3. The molecular formula is C13H22N4O2. The highest BCUT2D eigenvalue weighted by atomic mass is 16.5. The molecule has 6 heteroatoms. The Labute approximate surface area is 114 Å². The molecule has 1 aromatic heterocycles. The van der Waals surface area contributed by atoms with Gasteiger partial charge in [0.1, 0.15) is 5.82 Å². The van der Waals surface area contributed by atoms with Crippen LogP contribution in [0.25, 0.3) is 0 Å². The Kier molecular flexibility index (Phi) is 5.69. The summed E-state index contributed by atoms with van der Waals surface area (Å²) in [5.74, 6) is 0.791. The number of ether oxygens (including phenoxy) is 1. The van der Waals surface area contributed by atoms with Crippen molar-refractivity contribution in [2.24, 2.45) is 5.92 Å². The molecule has 106 valence electrons. The second-order valence-electron chi connectivity index (χ2n) is 4.84. The summed E-state index contributed by atoms with van der Waals surface area (Å²) in [6.45, 7) is 5.98. The number of nitrogens with zero attached hydrogens (tertiary/aromatic N) is 2. The van der Waals surface area contributed by atoms with Gasteiger partial charge in [0, 0.05) is 11.8 Å². The molecule has 0 radical (unpaired) electrons. The van der Waals surface area contributed by atoms with Crippen molar-refractivity contribution in [1.29, 1.82) is 0 Å². The molecular weight excluding hydrogens is 244 g/mol. The van der Waals surface area contributed by atoms with Crippen LogP contribution < -0.4 is 15.4 Å². The Morgan fingerprint density at radius 1 is 1.42 bits per heavy atom. The molecule has 0 aromatic carbocycles. The van der Waals surface area contributed by atoms with Crippen LogP contribution in [-0.4, -0.2) is 36.1 Å². The van der Waals surface area contributed by atoms with E-state index in [1.807, 2.05) is 6.92 Å². The van der Waals surface area contributed by atoms with Crippen LogP contribution in [0.5, 0.6) is 6.01 Å². The van der Waals surface area contributed by atoms with Crippen molar-refractivity contribution in [1.82, 2.24) is 15.3 Å². The Balaban J connectivity index is 2.77. The zero-order valence-corrected chi connectivity index (χ0v) is 12.2. The standard InChI is InChI=1S/C13H22N4O2/c1-8(2)6-10(14-4)12(18)16-11-7-9(3)15-13(17-11)19-5/h7-8,10,14H,6H2,1-5H3,(H,15,16,17,18). The molecule has 1 unspecified atom stereocenters. The molecule has 1 rings (SSSR count). The van der Waals surface area contributed by atoms with Gasteiger partial charge in [0.05, 0.1) is 13.2 Å². The average molecular weight is 266 g/mol. The predicted octanol–water partition coefficient (Wildman–Crippen LogP) is 1.37. The number of methoxy groups -OCH3 is 1. The van der Waals surface area contributed by atoms with Gasteiger partial charge in [0.2, 0.25) is 5.91 Å². The largest absolute Gasteiger partial charge is 0.467 e. The molecule has 2 N–H and O–H groups in total. The van der Waals surface area contributed by atoms with Crippen LogP contribution in [0.2, 0.25) is 0 Å². The third kappa shape index (κ3) is 4.82. The second kappa shape index (κ2) is 7.04. The van der Waals surface area contributed by atoms with E-state index in [2.05, 4.69) is 34.4 Å². The summed E-state index contributed by atoms with van der Waals surface area (Å²) in [4.78, 5) is 20.3. The van der Waals surface area contributed by atoms with Gasteiger partial charge in [0.25, 0.3) is 0 Å². The van der Waals surface area contributed by atoms with Crippen LogP contribution in [0.4, 0.5) is 5.82 Å². The topological polar surface area (TPSA) is 76.1 Å². The van der Waals surface area contributed by atoms with E-state index in [0.29, 0.717) is 11.7 Å². The highest BCUT2D eigenvalue weighted by Gasteiger charge is 2.18. The number of hydrogen-bond donors (Lipinski definition) is 2. The summed E-state index contributed by atoms with van der Waals surface area (Å²) in [7, 11) is 3.27. The van der Waals surface area contributed by atoms with Crippen LogP contribution in [-0.2, 0) is 4.79 Å². The molecule has 1 atom stereocenters. The molecule has 0 saturated heterocycles. The van der Waals surface area contributed by atoms with Gasteiger partial charge >= 0.3 is 6.01 Å². The molecule has 0 bridgehead atoms. The van der Waals surface area contributed by atoms with E-state index < -0.39 is 0 Å². The van der Waals surface area contributed by atoms with E-state index in [4.69, 9.17) is 4.74 Å². The molecule has 0 aliphatic carbocycles. The van der Waals surface area contributed by atoms with Gasteiger partial charge in [-0.2, -0.15) is 4.98 Å². The highest BCUT2D eigenvalue weighted by Crippen LogP contribution is 2.12. The molecule has 0 fully saturated rings. The van der Waals surface area contributed by atoms with Crippen molar-refractivity contribution < 1.29 is 9.53 Å². The smallest absolute Gasteiger partial charge is 0.318 e. The van der Waals surface area contributed by atoms with E-state index in [-0.39, 0.29) is 18.0 Å². The van der Waals surface area contributed by atoms with Crippen LogP contribution in [0, 0.1) is 12.8 Å². The lowest BCUT2D eigenvalue weighted by Gasteiger charge is -2.17. The minimum absolute atomic E-state index is 0.101. The number of aryl methyl sites for hydroxylation is 1. The van der Waals surface area contributed by atoms with Crippen molar-refractivity contribution in [3.05, 3.63) is 11.8 Å². The van der Waals surface area contributed by atoms with Crippen molar-refractivity contribution in [3.63, 3.8) is 0 Å². The fourth-order valence-corrected chi connectivity index (χ4v) is 1.74. The number of aromatic nitrogens is 2. The van der Waals surface area contributed by atoms with Gasteiger partial charge in [-0.3, -0.25) is 4.79 Å². The summed E-state index contributed by atoms with van der Waals surface area (Å²) in [6.07, 6.45) is 0.767. The first-order chi connectivity index (χ1) is 8.96. The number of carbonyl (C=O) groups is 1. The lowest BCUT2D eigenvalue weighted by atomic mass is 10.0. The maximum Gasteiger partial charge on any atom is 0.318 e. The zero-order valence-electron chi connectivity index (χ0n) is 12.2. The molecule has 0 aliphatic heterocycles. The molecule has 1 aromatic rings. The minimum Gasteiger partial charge on any atom is -0.467 e. The van der Waals surface area contributed by atoms with E-state index >= 15 is 0 Å². The van der Waals surface area contributed by atoms with E-state index in [9.17, 15) is 4.79 Å². The van der Waals surface area contributed by atoms with E-state index in [1.165, 1.54) is 7.11 Å². The van der Waals surface area contributed by atoms with E-state index in [1.54, 1.807) is 13.1 Å². The van der Waals surface area contributed by atoms with Gasteiger partial charge in [-0.15, -0.1) is 0 Å². The molecule has 0 spiro atoms. The summed E-state index contributed by atoms with van der Waals surface area (Å²) in [6, 6.07) is 1.73. The van der Waals surface area contributed by atoms with Crippen LogP contribution in [0.15, 0.2) is 6.07 Å². The fourth-order valence-electron chi connectivity index (χ4n) is 1.74. The van der Waals surface area contributed by atoms with Crippen LogP contribution in [0.3, 0.4) is 0 Å². The van der Waals surface area contributed by atoms with Crippen molar-refractivity contribution in [2.75, 3.05) is 19.5 Å². The Bertz CT molecular complexity index is 435. The number of anilines is 1. The maximum absolute atomic E-state index is 12.1. The number of rotatable bonds is 6. The molecule has 1 heterocycles. The predicted molar refractivity (Wildman–Crippen MR) is 74.3 cm³/mol. The Morgan fingerprint density at radius 2 is 2.11 bits per heavy atom. The van der Waals surface area contributed by atoms with Gasteiger partial charge in [-0.25, -0.2) is 4.98 Å². The third-order valence-corrected chi connectivity index (χ3v) is 2.64. The van der Waals surface area contributed by atoms with Crippen molar-refractivity contribution in [3.8, 4) is 6.01 Å². The number of amides is 1. The Hall–Kier alpha value is -1.69. The molecule has 0 aliphatic rings. The average Bonchev–Trinajstić information content (AvgIpc) is 2.34. The van der Waals surface area contributed by atoms with Crippen molar-refractivity contribution >= 4 is 11.7 Å². The number of carbonyl (C=O) groups excluding carboxylic acids is 1. The summed E-state index contributed by atoms with van der Waals surface area (Å²) in [5.41, 5.74) is 0.743. The molecule has 19 heavy (non-hydrogen) atoms. The highest BCUT2D eigenvalue weighted by molar-refractivity contribution is 5.94. The number of hydrogen-bond acceptors (Lipinski definition) is 5. The summed E-state index contributed by atoms with van der Waals surface area (Å²) < 4.78 is 4.98. The lowest BCUT2D eigenvalue weighted by molar-refractivity contribution is -0.118. The first-order valence-electron chi connectivity index (χ1n) is 6.34. The molecule has 0 saturated carbocycles. The lowest BCUT2D eigenvalue weighted by Crippen LogP contribution is -2.39. The monoisotopic (exact) mass is 266 g/mol. The van der Waals surface area contributed by atoms with Gasteiger partial charge in [-0.05, 0) is 26.3 Å². The van der Waals surface area contributed by atoms with Gasteiger partial charge < -0.3 is 15.4 Å². The first kappa shape index (κ1) is 15.4. The minimum atomic E-state index is -0.235. The second-order valence-corrected chi connectivity index (χ2v) is 4.84. The summed E-state index contributed by atoms with van der Waals surface area (Å²) >= 11 is 0. The van der Waals surface area contributed by atoms with Crippen molar-refractivity contribution in [2.45, 2.75) is 33.2 Å². The number of likely N-dealkylation sites (N-methyl/N-ethyl adjacent to an activating group) is 1. The van der Waals surface area contributed by atoms with E-state index in [0.717, 1.165) is 12.1 Å². The quantitative estimate of drug-likeness (QED) is 0.813. The first-order valence-corrected chi connectivity index (χ1v) is 6.34. The number of nitrogens with one attached hydrogen (secondary N) is 2.